The zero-order valence-corrected chi connectivity index (χ0v) is 43.3. The van der Waals surface area contributed by atoms with E-state index in [-0.39, 0.29) is 31.1 Å². The van der Waals surface area contributed by atoms with Crippen molar-refractivity contribution in [1.82, 2.24) is 0 Å². The van der Waals surface area contributed by atoms with Crippen LogP contribution in [-0.4, -0.2) is 37.2 Å². The summed E-state index contributed by atoms with van der Waals surface area (Å²) in [7, 11) is 0. The quantitative estimate of drug-likeness (QED) is 0.0262. The summed E-state index contributed by atoms with van der Waals surface area (Å²) in [5.41, 5.74) is 0. The lowest BCUT2D eigenvalue weighted by atomic mass is 10.0. The van der Waals surface area contributed by atoms with Crippen molar-refractivity contribution in [2.24, 2.45) is 0 Å². The summed E-state index contributed by atoms with van der Waals surface area (Å²) < 4.78 is 16.8. The molecular weight excluding hydrogens is 805 g/mol. The van der Waals surface area contributed by atoms with Crippen LogP contribution in [0.25, 0.3) is 0 Å². The molecule has 0 heterocycles. The largest absolute Gasteiger partial charge is 0.462 e. The molecule has 0 saturated carbocycles. The number of rotatable bonds is 51. The highest BCUT2D eigenvalue weighted by atomic mass is 16.6. The number of unbranched alkanes of at least 4 members (excludes halogenated alkanes) is 32. The van der Waals surface area contributed by atoms with Crippen molar-refractivity contribution >= 4 is 17.9 Å². The Morgan fingerprint density at radius 1 is 0.308 bits per heavy atom. The second kappa shape index (κ2) is 54.0. The van der Waals surface area contributed by atoms with E-state index in [1.807, 2.05) is 0 Å². The number of hydrogen-bond acceptors (Lipinski definition) is 6. The van der Waals surface area contributed by atoms with E-state index in [0.717, 1.165) is 96.3 Å². The Morgan fingerprint density at radius 3 is 0.908 bits per heavy atom. The monoisotopic (exact) mass is 911 g/mol. The molecule has 0 radical (unpaired) electrons. The minimum atomic E-state index is -0.784. The number of hydrogen-bond donors (Lipinski definition) is 0. The fourth-order valence-corrected chi connectivity index (χ4v) is 8.03. The van der Waals surface area contributed by atoms with Gasteiger partial charge in [-0.2, -0.15) is 0 Å². The van der Waals surface area contributed by atoms with Crippen LogP contribution in [-0.2, 0) is 28.6 Å². The van der Waals surface area contributed by atoms with Gasteiger partial charge in [-0.25, -0.2) is 0 Å². The minimum absolute atomic E-state index is 0.0809. The third-order valence-electron chi connectivity index (χ3n) is 12.3. The first-order valence-electron chi connectivity index (χ1n) is 28.1. The second-order valence-corrected chi connectivity index (χ2v) is 18.8. The molecule has 0 bridgehead atoms. The van der Waals surface area contributed by atoms with Gasteiger partial charge >= 0.3 is 17.9 Å². The zero-order chi connectivity index (χ0) is 47.2. The van der Waals surface area contributed by atoms with E-state index in [1.165, 1.54) is 154 Å². The molecule has 1 atom stereocenters. The molecule has 0 saturated heterocycles. The van der Waals surface area contributed by atoms with Gasteiger partial charge in [-0.1, -0.05) is 236 Å². The van der Waals surface area contributed by atoms with Crippen molar-refractivity contribution in [1.29, 1.82) is 0 Å². The maximum Gasteiger partial charge on any atom is 0.306 e. The van der Waals surface area contributed by atoms with Gasteiger partial charge in [0.25, 0.3) is 0 Å². The summed E-state index contributed by atoms with van der Waals surface area (Å²) in [4.78, 5) is 38.1. The number of carbonyl (C=O) groups is 3. The van der Waals surface area contributed by atoms with Gasteiger partial charge in [-0.05, 0) is 83.5 Å². The topological polar surface area (TPSA) is 78.9 Å². The summed E-state index contributed by atoms with van der Waals surface area (Å²) in [6.45, 7) is 6.61. The third-order valence-corrected chi connectivity index (χ3v) is 12.3. The fourth-order valence-electron chi connectivity index (χ4n) is 8.03. The molecule has 0 amide bonds. The summed E-state index contributed by atoms with van der Waals surface area (Å²) in [6.07, 6.45) is 65.2. The van der Waals surface area contributed by atoms with Gasteiger partial charge in [0.15, 0.2) is 6.10 Å². The average molecular weight is 911 g/mol. The lowest BCUT2D eigenvalue weighted by molar-refractivity contribution is -0.167. The summed E-state index contributed by atoms with van der Waals surface area (Å²) in [5.74, 6) is -0.899. The first kappa shape index (κ1) is 62.4. The maximum atomic E-state index is 12.8. The number of ether oxygens (including phenoxy) is 3. The van der Waals surface area contributed by atoms with Gasteiger partial charge in [0.05, 0.1) is 0 Å². The zero-order valence-electron chi connectivity index (χ0n) is 43.3. The van der Waals surface area contributed by atoms with Crippen molar-refractivity contribution < 1.29 is 28.6 Å². The third kappa shape index (κ3) is 52.2. The molecule has 0 aliphatic carbocycles. The first-order chi connectivity index (χ1) is 32.0. The van der Waals surface area contributed by atoms with Crippen LogP contribution < -0.4 is 0 Å². The predicted molar refractivity (Wildman–Crippen MR) is 279 cm³/mol. The van der Waals surface area contributed by atoms with E-state index in [1.54, 1.807) is 0 Å². The van der Waals surface area contributed by atoms with Crippen LogP contribution in [0.2, 0.25) is 0 Å². The molecule has 0 N–H and O–H groups in total. The van der Waals surface area contributed by atoms with E-state index in [2.05, 4.69) is 69.4 Å². The molecule has 6 heteroatoms. The molecule has 378 valence electrons. The molecule has 0 aliphatic heterocycles. The average Bonchev–Trinajstić information content (AvgIpc) is 3.30. The van der Waals surface area contributed by atoms with E-state index in [9.17, 15) is 14.4 Å². The lowest BCUT2D eigenvalue weighted by Crippen LogP contribution is -2.30. The van der Waals surface area contributed by atoms with Crippen molar-refractivity contribution in [2.45, 2.75) is 297 Å². The van der Waals surface area contributed by atoms with Crippen LogP contribution in [0, 0.1) is 0 Å². The van der Waals surface area contributed by atoms with Gasteiger partial charge in [-0.3, -0.25) is 14.4 Å². The van der Waals surface area contributed by atoms with Gasteiger partial charge in [0.2, 0.25) is 0 Å². The Morgan fingerprint density at radius 2 is 0.554 bits per heavy atom. The Kier molecular flexibility index (Phi) is 51.8. The predicted octanol–water partition coefficient (Wildman–Crippen LogP) is 18.7. The standard InChI is InChI=1S/C59H106O6/c1-4-7-10-13-16-19-22-25-28-29-32-34-37-40-43-46-49-52-58(61)64-55-56(65-59(62)53-50-47-44-41-38-35-31-27-24-21-18-15-12-9-6-3)54-63-57(60)51-48-45-42-39-36-33-30-26-23-20-17-14-11-8-5-2/h16,19,25,27-28,31-32,34,56H,4-15,17-18,20-24,26,29-30,33,35-55H2,1-3H3/b19-16-,28-25-,31-27-,34-32-/t56-/m0/s1. The highest BCUT2D eigenvalue weighted by Crippen LogP contribution is 2.16. The highest BCUT2D eigenvalue weighted by Gasteiger charge is 2.19. The molecule has 0 aliphatic rings. The molecule has 0 fully saturated rings. The van der Waals surface area contributed by atoms with Crippen LogP contribution in [0.3, 0.4) is 0 Å². The molecule has 0 aromatic carbocycles. The number of esters is 3. The summed E-state index contributed by atoms with van der Waals surface area (Å²) >= 11 is 0. The smallest absolute Gasteiger partial charge is 0.306 e. The molecular formula is C59H106O6. The Bertz CT molecular complexity index is 1140. The van der Waals surface area contributed by atoms with Crippen LogP contribution in [0.15, 0.2) is 48.6 Å². The minimum Gasteiger partial charge on any atom is -0.462 e. The van der Waals surface area contributed by atoms with Crippen LogP contribution >= 0.6 is 0 Å². The van der Waals surface area contributed by atoms with Gasteiger partial charge < -0.3 is 14.2 Å². The fraction of sp³-hybridized carbons (Fsp3) is 0.814. The summed E-state index contributed by atoms with van der Waals surface area (Å²) in [6, 6.07) is 0. The molecule has 0 rings (SSSR count). The molecule has 0 spiro atoms. The molecule has 0 unspecified atom stereocenters. The molecule has 0 aromatic heterocycles. The van der Waals surface area contributed by atoms with E-state index >= 15 is 0 Å². The second-order valence-electron chi connectivity index (χ2n) is 18.8. The van der Waals surface area contributed by atoms with E-state index < -0.39 is 6.10 Å². The Hall–Kier alpha value is -2.63. The first-order valence-corrected chi connectivity index (χ1v) is 28.1. The van der Waals surface area contributed by atoms with Crippen molar-refractivity contribution in [3.8, 4) is 0 Å². The van der Waals surface area contributed by atoms with Gasteiger partial charge in [-0.15, -0.1) is 0 Å². The van der Waals surface area contributed by atoms with Crippen LogP contribution in [0.5, 0.6) is 0 Å². The Labute approximate surface area is 403 Å². The molecule has 0 aromatic rings. The SMILES string of the molecule is CCCCC/C=C\C/C=C\C/C=C\CCCCCCC(=O)OC[C@H](COC(=O)CCCCCCCCCCCCCCCCC)OC(=O)CCCCCCC/C=C\CCCCCCCC. The number of allylic oxidation sites excluding steroid dienone is 8. The maximum absolute atomic E-state index is 12.8. The van der Waals surface area contributed by atoms with E-state index in [0.29, 0.717) is 19.3 Å². The van der Waals surface area contributed by atoms with Crippen molar-refractivity contribution in [3.63, 3.8) is 0 Å². The van der Waals surface area contributed by atoms with Gasteiger partial charge in [0.1, 0.15) is 13.2 Å². The summed E-state index contributed by atoms with van der Waals surface area (Å²) in [5, 5.41) is 0. The van der Waals surface area contributed by atoms with E-state index in [4.69, 9.17) is 14.2 Å². The molecule has 6 nitrogen and oxygen atoms in total. The highest BCUT2D eigenvalue weighted by molar-refractivity contribution is 5.71. The Balaban J connectivity index is 4.41. The molecule has 65 heavy (non-hydrogen) atoms. The van der Waals surface area contributed by atoms with Crippen molar-refractivity contribution in [3.05, 3.63) is 48.6 Å². The lowest BCUT2D eigenvalue weighted by Gasteiger charge is -2.18. The number of carbonyl (C=O) groups excluding carboxylic acids is 3. The van der Waals surface area contributed by atoms with Crippen molar-refractivity contribution in [2.75, 3.05) is 13.2 Å². The van der Waals surface area contributed by atoms with Crippen LogP contribution in [0.1, 0.15) is 290 Å². The van der Waals surface area contributed by atoms with Gasteiger partial charge in [0, 0.05) is 19.3 Å². The van der Waals surface area contributed by atoms with Crippen LogP contribution in [0.4, 0.5) is 0 Å². The normalized spacial score (nSPS) is 12.4.